The van der Waals surface area contributed by atoms with Gasteiger partial charge in [0.05, 0.1) is 0 Å². The number of aromatic nitrogens is 1. The predicted octanol–water partition coefficient (Wildman–Crippen LogP) is 2.11. The van der Waals surface area contributed by atoms with Crippen molar-refractivity contribution < 1.29 is 9.59 Å². The molecule has 3 rings (SSSR count). The zero-order valence-corrected chi connectivity index (χ0v) is 14.3. The fraction of sp³-hybridized carbons (Fsp3) is 0.316. The predicted molar refractivity (Wildman–Crippen MR) is 96.6 cm³/mol. The van der Waals surface area contributed by atoms with E-state index in [-0.39, 0.29) is 17.5 Å². The van der Waals surface area contributed by atoms with Crippen LogP contribution in [0.4, 0.5) is 5.69 Å². The number of rotatable bonds is 4. The number of nitrogens with one attached hydrogen (secondary N) is 1. The molecule has 1 aromatic heterocycles. The van der Waals surface area contributed by atoms with Gasteiger partial charge in [-0.05, 0) is 30.8 Å². The van der Waals surface area contributed by atoms with Gasteiger partial charge in [-0.2, -0.15) is 0 Å². The highest BCUT2D eigenvalue weighted by atomic mass is 16.2. The van der Waals surface area contributed by atoms with E-state index in [1.54, 1.807) is 24.3 Å². The summed E-state index contributed by atoms with van der Waals surface area (Å²) in [4.78, 5) is 33.3. The van der Waals surface area contributed by atoms with E-state index < -0.39 is 0 Å². The van der Waals surface area contributed by atoms with E-state index in [0.717, 1.165) is 19.6 Å². The lowest BCUT2D eigenvalue weighted by Gasteiger charge is -2.34. The van der Waals surface area contributed by atoms with Gasteiger partial charge >= 0.3 is 0 Å². The number of hydrogen-bond donors (Lipinski definition) is 1. The van der Waals surface area contributed by atoms with Crippen LogP contribution in [-0.4, -0.2) is 59.3 Å². The first-order valence-corrected chi connectivity index (χ1v) is 8.51. The third-order valence-corrected chi connectivity index (χ3v) is 4.38. The number of amides is 2. The van der Waals surface area contributed by atoms with Crippen molar-refractivity contribution in [3.63, 3.8) is 0 Å². The first kappa shape index (κ1) is 17.1. The SMILES string of the molecule is CCN1CCN(C(=O)c2ccnc(C(=O)Nc3ccccc3)c2)CC1. The van der Waals surface area contributed by atoms with E-state index in [4.69, 9.17) is 0 Å². The van der Waals surface area contributed by atoms with E-state index in [0.29, 0.717) is 24.3 Å². The molecule has 1 N–H and O–H groups in total. The normalized spacial score (nSPS) is 15.0. The minimum absolute atomic E-state index is 0.0492. The monoisotopic (exact) mass is 338 g/mol. The smallest absolute Gasteiger partial charge is 0.274 e. The van der Waals surface area contributed by atoms with Crippen LogP contribution in [0.25, 0.3) is 0 Å². The largest absolute Gasteiger partial charge is 0.336 e. The lowest BCUT2D eigenvalue weighted by Crippen LogP contribution is -2.48. The van der Waals surface area contributed by atoms with Crippen molar-refractivity contribution in [3.05, 3.63) is 59.9 Å². The molecule has 1 aliphatic rings. The second-order valence-electron chi connectivity index (χ2n) is 5.98. The third kappa shape index (κ3) is 4.22. The fourth-order valence-electron chi connectivity index (χ4n) is 2.85. The van der Waals surface area contributed by atoms with Crippen LogP contribution in [0.3, 0.4) is 0 Å². The van der Waals surface area contributed by atoms with Crippen molar-refractivity contribution in [2.75, 3.05) is 38.0 Å². The first-order valence-electron chi connectivity index (χ1n) is 8.51. The molecule has 130 valence electrons. The summed E-state index contributed by atoms with van der Waals surface area (Å²) in [5, 5.41) is 2.78. The Morgan fingerprint density at radius 1 is 1.08 bits per heavy atom. The molecule has 1 aliphatic heterocycles. The van der Waals surface area contributed by atoms with Gasteiger partial charge in [-0.1, -0.05) is 25.1 Å². The number of carbonyl (C=O) groups excluding carboxylic acids is 2. The van der Waals surface area contributed by atoms with Gasteiger partial charge in [0.15, 0.2) is 0 Å². The van der Waals surface area contributed by atoms with Crippen molar-refractivity contribution in [2.24, 2.45) is 0 Å². The summed E-state index contributed by atoms with van der Waals surface area (Å²) in [7, 11) is 0. The number of pyridine rings is 1. The number of nitrogens with zero attached hydrogens (tertiary/aromatic N) is 3. The molecule has 6 heteroatoms. The van der Waals surface area contributed by atoms with Crippen LogP contribution >= 0.6 is 0 Å². The summed E-state index contributed by atoms with van der Waals surface area (Å²) in [6.45, 7) is 6.31. The Hall–Kier alpha value is -2.73. The minimum Gasteiger partial charge on any atom is -0.336 e. The van der Waals surface area contributed by atoms with Crippen LogP contribution in [0.5, 0.6) is 0 Å². The van der Waals surface area contributed by atoms with E-state index in [2.05, 4.69) is 22.1 Å². The Morgan fingerprint density at radius 2 is 1.80 bits per heavy atom. The molecule has 0 unspecified atom stereocenters. The Bertz CT molecular complexity index is 740. The summed E-state index contributed by atoms with van der Waals surface area (Å²) < 4.78 is 0. The molecular formula is C19H22N4O2. The molecule has 2 aromatic rings. The lowest BCUT2D eigenvalue weighted by atomic mass is 10.1. The molecule has 1 aromatic carbocycles. The van der Waals surface area contributed by atoms with Gasteiger partial charge in [0, 0.05) is 43.6 Å². The Labute approximate surface area is 147 Å². The number of benzene rings is 1. The molecule has 2 heterocycles. The minimum atomic E-state index is -0.323. The van der Waals surface area contributed by atoms with E-state index in [1.807, 2.05) is 23.1 Å². The molecule has 25 heavy (non-hydrogen) atoms. The number of likely N-dealkylation sites (N-methyl/N-ethyl adjacent to an activating group) is 1. The van der Waals surface area contributed by atoms with Gasteiger partial charge < -0.3 is 15.1 Å². The van der Waals surface area contributed by atoms with Gasteiger partial charge in [-0.15, -0.1) is 0 Å². The van der Waals surface area contributed by atoms with Gasteiger partial charge in [0.1, 0.15) is 5.69 Å². The van der Waals surface area contributed by atoms with Crippen molar-refractivity contribution >= 4 is 17.5 Å². The second-order valence-corrected chi connectivity index (χ2v) is 5.98. The van der Waals surface area contributed by atoms with Gasteiger partial charge in [0.2, 0.25) is 0 Å². The molecule has 0 radical (unpaired) electrons. The standard InChI is InChI=1S/C19H22N4O2/c1-2-22-10-12-23(13-11-22)19(25)15-8-9-20-17(14-15)18(24)21-16-6-4-3-5-7-16/h3-9,14H,2,10-13H2,1H3,(H,21,24). The van der Waals surface area contributed by atoms with Crippen LogP contribution in [0.15, 0.2) is 48.7 Å². The molecule has 6 nitrogen and oxygen atoms in total. The quantitative estimate of drug-likeness (QED) is 0.927. The van der Waals surface area contributed by atoms with Crippen molar-refractivity contribution in [2.45, 2.75) is 6.92 Å². The topological polar surface area (TPSA) is 65.5 Å². The summed E-state index contributed by atoms with van der Waals surface area (Å²) in [6.07, 6.45) is 1.51. The summed E-state index contributed by atoms with van der Waals surface area (Å²) >= 11 is 0. The maximum Gasteiger partial charge on any atom is 0.274 e. The van der Waals surface area contributed by atoms with E-state index >= 15 is 0 Å². The Balaban J connectivity index is 1.68. The van der Waals surface area contributed by atoms with E-state index in [1.165, 1.54) is 6.20 Å². The maximum atomic E-state index is 12.7. The van der Waals surface area contributed by atoms with Crippen LogP contribution in [0, 0.1) is 0 Å². The number of anilines is 1. The molecule has 0 atom stereocenters. The first-order chi connectivity index (χ1) is 12.2. The summed E-state index contributed by atoms with van der Waals surface area (Å²) in [5.41, 5.74) is 1.43. The maximum absolute atomic E-state index is 12.7. The molecule has 1 saturated heterocycles. The average Bonchev–Trinajstić information content (AvgIpc) is 2.68. The number of piperazine rings is 1. The average molecular weight is 338 g/mol. The zero-order valence-electron chi connectivity index (χ0n) is 14.3. The zero-order chi connectivity index (χ0) is 17.6. The lowest BCUT2D eigenvalue weighted by molar-refractivity contribution is 0.0643. The molecular weight excluding hydrogens is 316 g/mol. The molecule has 2 amide bonds. The van der Waals surface area contributed by atoms with Crippen LogP contribution in [0.2, 0.25) is 0 Å². The highest BCUT2D eigenvalue weighted by molar-refractivity contribution is 6.04. The number of hydrogen-bond acceptors (Lipinski definition) is 4. The molecule has 0 spiro atoms. The van der Waals surface area contributed by atoms with Gasteiger partial charge in [-0.25, -0.2) is 0 Å². The van der Waals surface area contributed by atoms with E-state index in [9.17, 15) is 9.59 Å². The van der Waals surface area contributed by atoms with Gasteiger partial charge in [0.25, 0.3) is 11.8 Å². The number of carbonyl (C=O) groups is 2. The fourth-order valence-corrected chi connectivity index (χ4v) is 2.85. The highest BCUT2D eigenvalue weighted by Gasteiger charge is 2.22. The van der Waals surface area contributed by atoms with Crippen molar-refractivity contribution in [1.82, 2.24) is 14.8 Å². The Morgan fingerprint density at radius 3 is 2.48 bits per heavy atom. The summed E-state index contributed by atoms with van der Waals surface area (Å²) in [5.74, 6) is -0.372. The third-order valence-electron chi connectivity index (χ3n) is 4.38. The molecule has 1 fully saturated rings. The van der Waals surface area contributed by atoms with Gasteiger partial charge in [-0.3, -0.25) is 14.6 Å². The molecule has 0 saturated carbocycles. The second kappa shape index (κ2) is 7.90. The van der Waals surface area contributed by atoms with Crippen LogP contribution < -0.4 is 5.32 Å². The summed E-state index contributed by atoms with van der Waals surface area (Å²) in [6, 6.07) is 12.4. The number of para-hydroxylation sites is 1. The van der Waals surface area contributed by atoms with Crippen LogP contribution in [-0.2, 0) is 0 Å². The molecule has 0 aliphatic carbocycles. The Kier molecular flexibility index (Phi) is 5.40. The van der Waals surface area contributed by atoms with Crippen LogP contribution in [0.1, 0.15) is 27.8 Å². The van der Waals surface area contributed by atoms with Crippen molar-refractivity contribution in [3.8, 4) is 0 Å². The highest BCUT2D eigenvalue weighted by Crippen LogP contribution is 2.12. The van der Waals surface area contributed by atoms with Crippen molar-refractivity contribution in [1.29, 1.82) is 0 Å². The molecule has 0 bridgehead atoms.